The molecule has 2 N–H and O–H groups in total. The minimum absolute atomic E-state index is 0.125. The van der Waals surface area contributed by atoms with Gasteiger partial charge in [-0.05, 0) is 83.9 Å². The third-order valence-corrected chi connectivity index (χ3v) is 8.79. The fourth-order valence-electron chi connectivity index (χ4n) is 5.91. The minimum Gasteiger partial charge on any atom is -0.348 e. The number of nitrogens with zero attached hydrogens (tertiary/aromatic N) is 2. The SMILES string of the molecule is CSc1cc(C)[nH]c(=O)c1CNC(=O)c1c(C)n([C@H](C)C2CCN(C3CC3)CC2)c2ccccc12. The fraction of sp³-hybridized carbons (Fsp3) is 0.500. The molecule has 0 spiro atoms. The number of carbonyl (C=O) groups excluding carboxylic acids is 1. The molecule has 7 heteroatoms. The van der Waals surface area contributed by atoms with Crippen molar-refractivity contribution >= 4 is 28.6 Å². The van der Waals surface area contributed by atoms with Gasteiger partial charge in [-0.1, -0.05) is 18.2 Å². The van der Waals surface area contributed by atoms with E-state index < -0.39 is 0 Å². The zero-order chi connectivity index (χ0) is 24.7. The van der Waals surface area contributed by atoms with E-state index in [9.17, 15) is 9.59 Å². The first-order valence-corrected chi connectivity index (χ1v) is 14.0. The first kappa shape index (κ1) is 24.2. The van der Waals surface area contributed by atoms with Gasteiger partial charge in [0.15, 0.2) is 0 Å². The lowest BCUT2D eigenvalue weighted by atomic mass is 9.90. The maximum Gasteiger partial charge on any atom is 0.254 e. The largest absolute Gasteiger partial charge is 0.348 e. The van der Waals surface area contributed by atoms with Gasteiger partial charge in [0.25, 0.3) is 11.5 Å². The molecule has 3 heterocycles. The minimum atomic E-state index is -0.139. The molecule has 0 unspecified atom stereocenters. The summed E-state index contributed by atoms with van der Waals surface area (Å²) in [5.41, 5.74) is 4.13. The van der Waals surface area contributed by atoms with E-state index >= 15 is 0 Å². The highest BCUT2D eigenvalue weighted by Crippen LogP contribution is 2.38. The van der Waals surface area contributed by atoms with E-state index in [0.717, 1.165) is 38.8 Å². The molecule has 1 saturated heterocycles. The quantitative estimate of drug-likeness (QED) is 0.454. The number of aromatic nitrogens is 2. The molecule has 35 heavy (non-hydrogen) atoms. The van der Waals surface area contributed by atoms with E-state index in [-0.39, 0.29) is 18.0 Å². The smallest absolute Gasteiger partial charge is 0.254 e. The number of aromatic amines is 1. The number of para-hydroxylation sites is 1. The van der Waals surface area contributed by atoms with Crippen molar-refractivity contribution < 1.29 is 4.79 Å². The Bertz CT molecular complexity index is 1300. The molecular formula is C28H36N4O2S. The molecule has 2 aromatic heterocycles. The van der Waals surface area contributed by atoms with Crippen LogP contribution in [0.4, 0.5) is 0 Å². The normalized spacial score (nSPS) is 18.2. The predicted molar refractivity (Wildman–Crippen MR) is 143 cm³/mol. The second-order valence-electron chi connectivity index (χ2n) is 10.2. The Kier molecular flexibility index (Phi) is 6.82. The highest BCUT2D eigenvalue weighted by molar-refractivity contribution is 7.98. The number of fused-ring (bicyclic) bond motifs is 1. The van der Waals surface area contributed by atoms with Crippen LogP contribution >= 0.6 is 11.8 Å². The lowest BCUT2D eigenvalue weighted by molar-refractivity contribution is 0.0950. The molecule has 0 bridgehead atoms. The van der Waals surface area contributed by atoms with Crippen molar-refractivity contribution in [3.8, 4) is 0 Å². The molecule has 186 valence electrons. The number of rotatable bonds is 7. The summed E-state index contributed by atoms with van der Waals surface area (Å²) in [6.07, 6.45) is 7.10. The van der Waals surface area contributed by atoms with Crippen molar-refractivity contribution in [1.82, 2.24) is 19.8 Å². The maximum absolute atomic E-state index is 13.5. The number of aryl methyl sites for hydroxylation is 1. The lowest BCUT2D eigenvalue weighted by Gasteiger charge is -2.36. The monoisotopic (exact) mass is 492 g/mol. The van der Waals surface area contributed by atoms with Gasteiger partial charge in [-0.15, -0.1) is 11.8 Å². The van der Waals surface area contributed by atoms with Crippen molar-refractivity contribution in [3.05, 3.63) is 63.2 Å². The second-order valence-corrected chi connectivity index (χ2v) is 11.1. The van der Waals surface area contributed by atoms with Gasteiger partial charge in [-0.2, -0.15) is 0 Å². The van der Waals surface area contributed by atoms with Crippen LogP contribution in [0, 0.1) is 19.8 Å². The first-order valence-electron chi connectivity index (χ1n) is 12.8. The maximum atomic E-state index is 13.5. The molecule has 0 radical (unpaired) electrons. The van der Waals surface area contributed by atoms with Crippen LogP contribution in [0.2, 0.25) is 0 Å². The summed E-state index contributed by atoms with van der Waals surface area (Å²) in [7, 11) is 0. The van der Waals surface area contributed by atoms with Crippen LogP contribution in [0.25, 0.3) is 10.9 Å². The topological polar surface area (TPSA) is 70.1 Å². The summed E-state index contributed by atoms with van der Waals surface area (Å²) in [4.78, 5) is 32.5. The Morgan fingerprint density at radius 2 is 1.89 bits per heavy atom. The Morgan fingerprint density at radius 3 is 2.57 bits per heavy atom. The molecule has 6 nitrogen and oxygen atoms in total. The van der Waals surface area contributed by atoms with Crippen LogP contribution in [0.1, 0.15) is 66.0 Å². The number of H-pyrrole nitrogens is 1. The number of pyridine rings is 1. The summed E-state index contributed by atoms with van der Waals surface area (Å²) in [5.74, 6) is 0.478. The predicted octanol–water partition coefficient (Wildman–Crippen LogP) is 5.03. The molecule has 1 aliphatic heterocycles. The van der Waals surface area contributed by atoms with Gasteiger partial charge in [0.05, 0.1) is 5.56 Å². The van der Waals surface area contributed by atoms with Crippen LogP contribution in [-0.4, -0.2) is 45.7 Å². The standard InChI is InChI=1S/C28H36N4O2S/c1-17-15-25(35-4)23(27(33)30-17)16-29-28(34)26-19(3)32(24-8-6-5-7-22(24)26)18(2)20-11-13-31(14-12-20)21-9-10-21/h5-8,15,18,20-21H,9-14,16H2,1-4H3,(H,29,34)(H,30,33)/t18-/m1/s1. The van der Waals surface area contributed by atoms with Crippen LogP contribution < -0.4 is 10.9 Å². The van der Waals surface area contributed by atoms with Crippen LogP contribution in [0.3, 0.4) is 0 Å². The number of hydrogen-bond donors (Lipinski definition) is 2. The number of carbonyl (C=O) groups is 1. The molecule has 1 saturated carbocycles. The zero-order valence-electron chi connectivity index (χ0n) is 21.2. The van der Waals surface area contributed by atoms with E-state index in [0.29, 0.717) is 17.5 Å². The second kappa shape index (κ2) is 9.86. The van der Waals surface area contributed by atoms with Crippen LogP contribution in [0.5, 0.6) is 0 Å². The first-order chi connectivity index (χ1) is 16.9. The molecule has 1 amide bonds. The van der Waals surface area contributed by atoms with Crippen molar-refractivity contribution in [2.24, 2.45) is 5.92 Å². The molecule has 2 aliphatic rings. The van der Waals surface area contributed by atoms with E-state index in [4.69, 9.17) is 0 Å². The number of likely N-dealkylation sites (tertiary alicyclic amines) is 1. The van der Waals surface area contributed by atoms with Crippen molar-refractivity contribution in [2.45, 2.75) is 70.0 Å². The average Bonchev–Trinajstić information content (AvgIpc) is 3.65. The van der Waals surface area contributed by atoms with Crippen molar-refractivity contribution in [3.63, 3.8) is 0 Å². The van der Waals surface area contributed by atoms with Gasteiger partial charge in [-0.3, -0.25) is 9.59 Å². The average molecular weight is 493 g/mol. The number of hydrogen-bond acceptors (Lipinski definition) is 4. The Balaban J connectivity index is 1.41. The molecule has 2 fully saturated rings. The lowest BCUT2D eigenvalue weighted by Crippen LogP contribution is -2.37. The van der Waals surface area contributed by atoms with Gasteiger partial charge in [0.1, 0.15) is 0 Å². The summed E-state index contributed by atoms with van der Waals surface area (Å²) >= 11 is 1.53. The summed E-state index contributed by atoms with van der Waals surface area (Å²) in [5, 5.41) is 4.03. The van der Waals surface area contributed by atoms with Crippen molar-refractivity contribution in [1.29, 1.82) is 0 Å². The summed E-state index contributed by atoms with van der Waals surface area (Å²) < 4.78 is 2.38. The van der Waals surface area contributed by atoms with Crippen LogP contribution in [-0.2, 0) is 6.54 Å². The van der Waals surface area contributed by atoms with Gasteiger partial charge < -0.3 is 19.8 Å². The molecule has 5 rings (SSSR count). The van der Waals surface area contributed by atoms with Crippen LogP contribution in [0.15, 0.2) is 40.0 Å². The molecule has 1 aliphatic carbocycles. The number of benzene rings is 1. The van der Waals surface area contributed by atoms with E-state index in [2.05, 4.69) is 45.7 Å². The van der Waals surface area contributed by atoms with Gasteiger partial charge in [0.2, 0.25) is 0 Å². The van der Waals surface area contributed by atoms with Crippen molar-refractivity contribution in [2.75, 3.05) is 19.3 Å². The molecule has 1 atom stereocenters. The third kappa shape index (κ3) is 4.68. The number of nitrogens with one attached hydrogen (secondary N) is 2. The zero-order valence-corrected chi connectivity index (χ0v) is 22.0. The highest BCUT2D eigenvalue weighted by Gasteiger charge is 2.34. The Morgan fingerprint density at radius 1 is 1.17 bits per heavy atom. The Labute approximate surface area is 211 Å². The third-order valence-electron chi connectivity index (χ3n) is 7.99. The van der Waals surface area contributed by atoms with Gasteiger partial charge in [-0.25, -0.2) is 0 Å². The molecular weight excluding hydrogens is 456 g/mol. The molecule has 3 aromatic rings. The van der Waals surface area contributed by atoms with E-state index in [1.807, 2.05) is 31.4 Å². The molecule has 1 aromatic carbocycles. The number of amides is 1. The van der Waals surface area contributed by atoms with Gasteiger partial charge >= 0.3 is 0 Å². The summed E-state index contributed by atoms with van der Waals surface area (Å²) in [6, 6.07) is 11.3. The van der Waals surface area contributed by atoms with E-state index in [1.165, 1.54) is 50.5 Å². The number of piperidine rings is 1. The highest BCUT2D eigenvalue weighted by atomic mass is 32.2. The van der Waals surface area contributed by atoms with E-state index in [1.54, 1.807) is 0 Å². The van der Waals surface area contributed by atoms with Gasteiger partial charge in [0, 0.05) is 51.4 Å². The Hall–Kier alpha value is -2.51. The summed E-state index contributed by atoms with van der Waals surface area (Å²) in [6.45, 7) is 8.84. The number of thioether (sulfide) groups is 1. The fourth-order valence-corrected chi connectivity index (χ4v) is 6.62.